The first-order valence-corrected chi connectivity index (χ1v) is 13.2. The number of aliphatic hydroxyl groups is 2. The molecule has 5 nitrogen and oxygen atoms in total. The fourth-order valence-electron chi connectivity index (χ4n) is 9.18. The van der Waals surface area contributed by atoms with Gasteiger partial charge in [0.1, 0.15) is 0 Å². The topological polar surface area (TPSA) is 76.0 Å². The first-order valence-electron chi connectivity index (χ1n) is 13.2. The van der Waals surface area contributed by atoms with Gasteiger partial charge >= 0.3 is 5.97 Å². The van der Waals surface area contributed by atoms with Crippen LogP contribution in [0, 0.1) is 46.3 Å². The van der Waals surface area contributed by atoms with Gasteiger partial charge in [0.2, 0.25) is 0 Å². The summed E-state index contributed by atoms with van der Waals surface area (Å²) < 4.78 is 10.8. The molecule has 4 rings (SSSR count). The van der Waals surface area contributed by atoms with Gasteiger partial charge in [0.15, 0.2) is 0 Å². The van der Waals surface area contributed by atoms with Crippen LogP contribution in [0.1, 0.15) is 85.0 Å². The summed E-state index contributed by atoms with van der Waals surface area (Å²) in [5.41, 5.74) is 0.585. The van der Waals surface area contributed by atoms with Crippen molar-refractivity contribution in [1.82, 2.24) is 0 Å². The average Bonchev–Trinajstić information content (AvgIpc) is 3.13. The smallest absolute Gasteiger partial charge is 0.305 e. The van der Waals surface area contributed by atoms with Crippen molar-refractivity contribution >= 4 is 5.97 Å². The Hall–Kier alpha value is -0.650. The molecule has 0 aliphatic heterocycles. The van der Waals surface area contributed by atoms with E-state index in [1.54, 1.807) is 0 Å². The summed E-state index contributed by atoms with van der Waals surface area (Å²) in [6, 6.07) is 0. The van der Waals surface area contributed by atoms with E-state index in [9.17, 15) is 9.90 Å². The summed E-state index contributed by atoms with van der Waals surface area (Å²) in [5.74, 6) is 3.21. The molecule has 4 aliphatic rings. The van der Waals surface area contributed by atoms with Crippen LogP contribution in [0.25, 0.3) is 0 Å². The van der Waals surface area contributed by atoms with Gasteiger partial charge in [0, 0.05) is 6.42 Å². The van der Waals surface area contributed by atoms with Crippen LogP contribution in [0.2, 0.25) is 0 Å². The number of carbonyl (C=O) groups is 1. The second-order valence-corrected chi connectivity index (χ2v) is 12.1. The van der Waals surface area contributed by atoms with E-state index in [-0.39, 0.29) is 30.2 Å². The number of methoxy groups -OCH3 is 1. The van der Waals surface area contributed by atoms with E-state index in [4.69, 9.17) is 14.6 Å². The maximum absolute atomic E-state index is 11.7. The minimum absolute atomic E-state index is 0.0885. The molecule has 4 fully saturated rings. The van der Waals surface area contributed by atoms with Gasteiger partial charge in [0.05, 0.1) is 32.5 Å². The molecule has 32 heavy (non-hydrogen) atoms. The first-order chi connectivity index (χ1) is 15.2. The zero-order chi connectivity index (χ0) is 23.1. The molecule has 0 bridgehead atoms. The molecule has 0 aromatic carbocycles. The van der Waals surface area contributed by atoms with Gasteiger partial charge in [-0.05, 0) is 104 Å². The van der Waals surface area contributed by atoms with Crippen molar-refractivity contribution < 1.29 is 24.5 Å². The number of fused-ring (bicyclic) bond motifs is 5. The second kappa shape index (κ2) is 9.54. The predicted molar refractivity (Wildman–Crippen MR) is 124 cm³/mol. The van der Waals surface area contributed by atoms with Crippen molar-refractivity contribution in [2.75, 3.05) is 20.3 Å². The van der Waals surface area contributed by atoms with Crippen LogP contribution in [0.5, 0.6) is 0 Å². The highest BCUT2D eigenvalue weighted by molar-refractivity contribution is 5.69. The minimum Gasteiger partial charge on any atom is -0.469 e. The number of hydrogen-bond acceptors (Lipinski definition) is 5. The lowest BCUT2D eigenvalue weighted by Gasteiger charge is -2.62. The van der Waals surface area contributed by atoms with Crippen LogP contribution in [0.4, 0.5) is 0 Å². The molecule has 0 saturated heterocycles. The van der Waals surface area contributed by atoms with Crippen molar-refractivity contribution in [2.24, 2.45) is 46.3 Å². The Morgan fingerprint density at radius 2 is 1.78 bits per heavy atom. The van der Waals surface area contributed by atoms with Crippen LogP contribution in [0.15, 0.2) is 0 Å². The van der Waals surface area contributed by atoms with Crippen LogP contribution in [-0.2, 0) is 14.3 Å². The number of esters is 1. The van der Waals surface area contributed by atoms with Gasteiger partial charge in [-0.1, -0.05) is 20.8 Å². The number of ether oxygens (including phenoxy) is 2. The number of carbonyl (C=O) groups excluding carboxylic acids is 1. The molecule has 10 atom stereocenters. The lowest BCUT2D eigenvalue weighted by molar-refractivity contribution is -0.179. The fourth-order valence-corrected chi connectivity index (χ4v) is 9.18. The predicted octanol–water partition coefficient (Wildman–Crippen LogP) is 4.58. The third-order valence-electron chi connectivity index (χ3n) is 10.9. The van der Waals surface area contributed by atoms with Gasteiger partial charge in [-0.25, -0.2) is 0 Å². The molecule has 0 heterocycles. The normalized spacial score (nSPS) is 46.6. The van der Waals surface area contributed by atoms with Crippen LogP contribution in [-0.4, -0.2) is 48.7 Å². The van der Waals surface area contributed by atoms with E-state index in [1.807, 2.05) is 0 Å². The lowest BCUT2D eigenvalue weighted by Crippen LogP contribution is -2.58. The Labute approximate surface area is 194 Å². The highest BCUT2D eigenvalue weighted by atomic mass is 16.5. The van der Waals surface area contributed by atoms with E-state index in [1.165, 1.54) is 39.2 Å². The first kappa shape index (κ1) is 24.5. The van der Waals surface area contributed by atoms with E-state index in [0.29, 0.717) is 54.0 Å². The van der Waals surface area contributed by atoms with E-state index in [0.717, 1.165) is 25.7 Å². The molecule has 4 aliphatic carbocycles. The molecule has 4 saturated carbocycles. The third kappa shape index (κ3) is 4.15. The molecule has 0 amide bonds. The second-order valence-electron chi connectivity index (χ2n) is 12.1. The molecule has 9 unspecified atom stereocenters. The quantitative estimate of drug-likeness (QED) is 0.555. The van der Waals surface area contributed by atoms with Crippen molar-refractivity contribution in [3.05, 3.63) is 0 Å². The Morgan fingerprint density at radius 3 is 2.50 bits per heavy atom. The SMILES string of the molecule is COC(=O)CC[C@@H](C)C1CCC2C3C(O)CC4CC(OCCO)CCC4(C)C3CCC21C. The highest BCUT2D eigenvalue weighted by Gasteiger charge is 2.62. The molecule has 0 aromatic rings. The van der Waals surface area contributed by atoms with E-state index >= 15 is 0 Å². The molecule has 2 N–H and O–H groups in total. The average molecular weight is 451 g/mol. The van der Waals surface area contributed by atoms with Crippen molar-refractivity contribution in [3.8, 4) is 0 Å². The molecular weight excluding hydrogens is 404 g/mol. The van der Waals surface area contributed by atoms with Crippen LogP contribution in [0.3, 0.4) is 0 Å². The summed E-state index contributed by atoms with van der Waals surface area (Å²) in [5, 5.41) is 20.6. The van der Waals surface area contributed by atoms with Gasteiger partial charge < -0.3 is 19.7 Å². The van der Waals surface area contributed by atoms with Crippen LogP contribution < -0.4 is 0 Å². The zero-order valence-electron chi connectivity index (χ0n) is 20.7. The summed E-state index contributed by atoms with van der Waals surface area (Å²) in [6.45, 7) is 7.86. The van der Waals surface area contributed by atoms with Gasteiger partial charge in [-0.2, -0.15) is 0 Å². The molecule has 0 spiro atoms. The Balaban J connectivity index is 1.48. The largest absolute Gasteiger partial charge is 0.469 e. The van der Waals surface area contributed by atoms with E-state index < -0.39 is 0 Å². The standard InChI is InChI=1S/C27H46O5/c1-17(5-8-24(30)31-4)20-6-7-21-25-22(10-12-27(20,21)3)26(2)11-9-19(32-14-13-28)15-18(26)16-23(25)29/h17-23,25,28-29H,5-16H2,1-4H3/t17-,18?,19?,20?,21?,22?,23?,25?,26?,27?/m1/s1. The molecule has 0 radical (unpaired) electrons. The Bertz CT molecular complexity index is 666. The minimum atomic E-state index is -0.205. The summed E-state index contributed by atoms with van der Waals surface area (Å²) in [7, 11) is 1.48. The van der Waals surface area contributed by atoms with E-state index in [2.05, 4.69) is 20.8 Å². The summed E-state index contributed by atoms with van der Waals surface area (Å²) in [6.07, 6.45) is 10.6. The molecule has 184 valence electrons. The maximum atomic E-state index is 11.7. The monoisotopic (exact) mass is 450 g/mol. The molecule has 0 aromatic heterocycles. The number of hydrogen-bond donors (Lipinski definition) is 2. The highest BCUT2D eigenvalue weighted by Crippen LogP contribution is 2.68. The van der Waals surface area contributed by atoms with Gasteiger partial charge in [-0.3, -0.25) is 4.79 Å². The number of rotatable bonds is 7. The summed E-state index contributed by atoms with van der Waals surface area (Å²) >= 11 is 0. The summed E-state index contributed by atoms with van der Waals surface area (Å²) in [4.78, 5) is 11.7. The Morgan fingerprint density at radius 1 is 1.06 bits per heavy atom. The molecular formula is C27H46O5. The van der Waals surface area contributed by atoms with Crippen LogP contribution >= 0.6 is 0 Å². The maximum Gasteiger partial charge on any atom is 0.305 e. The van der Waals surface area contributed by atoms with Gasteiger partial charge in [0.25, 0.3) is 0 Å². The third-order valence-corrected chi connectivity index (χ3v) is 10.9. The molecule has 5 heteroatoms. The number of aliphatic hydroxyl groups excluding tert-OH is 2. The Kier molecular flexibility index (Phi) is 7.30. The van der Waals surface area contributed by atoms with Crippen molar-refractivity contribution in [3.63, 3.8) is 0 Å². The lowest BCUT2D eigenvalue weighted by atomic mass is 9.43. The van der Waals surface area contributed by atoms with Crippen molar-refractivity contribution in [2.45, 2.75) is 97.2 Å². The zero-order valence-corrected chi connectivity index (χ0v) is 20.7. The van der Waals surface area contributed by atoms with Gasteiger partial charge in [-0.15, -0.1) is 0 Å². The van der Waals surface area contributed by atoms with Crippen molar-refractivity contribution in [1.29, 1.82) is 0 Å². The fraction of sp³-hybridized carbons (Fsp3) is 0.963.